The van der Waals surface area contributed by atoms with Crippen molar-refractivity contribution < 1.29 is 9.53 Å². The molecule has 0 aromatic rings. The molecule has 1 amide bonds. The van der Waals surface area contributed by atoms with Gasteiger partial charge in [-0.15, -0.1) is 11.8 Å². The molecule has 1 heterocycles. The molecule has 0 saturated carbocycles. The molecular formula is C12H21NO2S. The number of hydrogen-bond acceptors (Lipinski definition) is 3. The van der Waals surface area contributed by atoms with Gasteiger partial charge >= 0.3 is 0 Å². The van der Waals surface area contributed by atoms with Crippen molar-refractivity contribution in [2.24, 2.45) is 0 Å². The van der Waals surface area contributed by atoms with Crippen molar-refractivity contribution in [1.82, 2.24) is 5.32 Å². The van der Waals surface area contributed by atoms with E-state index in [-0.39, 0.29) is 11.2 Å². The molecule has 4 heteroatoms. The molecule has 92 valence electrons. The van der Waals surface area contributed by atoms with Gasteiger partial charge in [0.05, 0.1) is 18.5 Å². The Kier molecular flexibility index (Phi) is 6.57. The maximum atomic E-state index is 11.7. The van der Waals surface area contributed by atoms with Gasteiger partial charge in [0, 0.05) is 6.54 Å². The average molecular weight is 243 g/mol. The Balaban J connectivity index is 2.03. The van der Waals surface area contributed by atoms with E-state index in [1.165, 1.54) is 12.8 Å². The van der Waals surface area contributed by atoms with Crippen LogP contribution in [0.4, 0.5) is 0 Å². The molecule has 1 N–H and O–H groups in total. The van der Waals surface area contributed by atoms with Crippen LogP contribution in [0.25, 0.3) is 0 Å². The highest BCUT2D eigenvalue weighted by Gasteiger charge is 2.20. The highest BCUT2D eigenvalue weighted by Crippen LogP contribution is 2.24. The maximum Gasteiger partial charge on any atom is 0.233 e. The monoisotopic (exact) mass is 243 g/mol. The van der Waals surface area contributed by atoms with Gasteiger partial charge in [0.25, 0.3) is 0 Å². The lowest BCUT2D eigenvalue weighted by atomic mass is 10.2. The van der Waals surface area contributed by atoms with Gasteiger partial charge in [0.15, 0.2) is 0 Å². The van der Waals surface area contributed by atoms with E-state index in [0.29, 0.717) is 19.8 Å². The Labute approximate surface area is 102 Å². The zero-order valence-corrected chi connectivity index (χ0v) is 10.8. The molecule has 1 atom stereocenters. The second kappa shape index (κ2) is 7.74. The van der Waals surface area contributed by atoms with Gasteiger partial charge in [-0.05, 0) is 25.5 Å². The third kappa shape index (κ3) is 5.56. The number of ether oxygens (including phenoxy) is 1. The van der Waals surface area contributed by atoms with E-state index in [0.717, 1.165) is 17.7 Å². The molecule has 0 aromatic heterocycles. The van der Waals surface area contributed by atoms with Gasteiger partial charge in [0.1, 0.15) is 0 Å². The minimum atomic E-state index is 0.162. The van der Waals surface area contributed by atoms with Crippen LogP contribution >= 0.6 is 11.8 Å². The van der Waals surface area contributed by atoms with Crippen molar-refractivity contribution in [3.63, 3.8) is 0 Å². The summed E-state index contributed by atoms with van der Waals surface area (Å²) in [5, 5.41) is 3.07. The fourth-order valence-corrected chi connectivity index (χ4v) is 2.78. The average Bonchev–Trinajstić information content (AvgIpc) is 2.29. The van der Waals surface area contributed by atoms with E-state index in [1.54, 1.807) is 11.8 Å². The van der Waals surface area contributed by atoms with E-state index >= 15 is 0 Å². The highest BCUT2D eigenvalue weighted by molar-refractivity contribution is 8.00. The zero-order valence-electron chi connectivity index (χ0n) is 9.96. The third-order valence-electron chi connectivity index (χ3n) is 2.37. The third-order valence-corrected chi connectivity index (χ3v) is 3.74. The van der Waals surface area contributed by atoms with Crippen molar-refractivity contribution in [1.29, 1.82) is 0 Å². The lowest BCUT2D eigenvalue weighted by Gasteiger charge is -2.20. The fraction of sp³-hybridized carbons (Fsp3) is 0.750. The topological polar surface area (TPSA) is 38.3 Å². The Morgan fingerprint density at radius 1 is 1.56 bits per heavy atom. The van der Waals surface area contributed by atoms with E-state index in [9.17, 15) is 4.79 Å². The quantitative estimate of drug-likeness (QED) is 0.572. The molecule has 3 nitrogen and oxygen atoms in total. The van der Waals surface area contributed by atoms with Gasteiger partial charge in [-0.25, -0.2) is 0 Å². The number of hydrogen-bond donors (Lipinski definition) is 1. The van der Waals surface area contributed by atoms with Crippen molar-refractivity contribution in [2.45, 2.75) is 31.4 Å². The first kappa shape index (κ1) is 13.6. The first-order valence-corrected chi connectivity index (χ1v) is 6.86. The van der Waals surface area contributed by atoms with E-state index in [4.69, 9.17) is 4.74 Å². The van der Waals surface area contributed by atoms with Gasteiger partial charge in [-0.2, -0.15) is 0 Å². The molecule has 1 aliphatic heterocycles. The van der Waals surface area contributed by atoms with E-state index in [1.807, 2.05) is 6.92 Å². The Morgan fingerprint density at radius 3 is 3.00 bits per heavy atom. The first-order chi connectivity index (χ1) is 7.70. The number of thioether (sulfide) groups is 1. The fourth-order valence-electron chi connectivity index (χ4n) is 1.55. The standard InChI is InChI=1S/C12H21NO2S/c1-10(2)9-15-7-6-13-12(14)11-5-3-4-8-16-11/h11H,1,3-9H2,2H3,(H,13,14). The number of nitrogens with one attached hydrogen (secondary N) is 1. The molecule has 1 rings (SSSR count). The summed E-state index contributed by atoms with van der Waals surface area (Å²) in [5.41, 5.74) is 1.01. The van der Waals surface area contributed by atoms with Crippen molar-refractivity contribution in [3.05, 3.63) is 12.2 Å². The largest absolute Gasteiger partial charge is 0.375 e. The van der Waals surface area contributed by atoms with Crippen LogP contribution in [0.5, 0.6) is 0 Å². The molecule has 1 saturated heterocycles. The van der Waals surface area contributed by atoms with Crippen LogP contribution in [-0.4, -0.2) is 36.7 Å². The van der Waals surface area contributed by atoms with Crippen LogP contribution in [0, 0.1) is 0 Å². The number of carbonyl (C=O) groups excluding carboxylic acids is 1. The summed E-state index contributed by atoms with van der Waals surface area (Å²) in [5.74, 6) is 1.29. The Bertz CT molecular complexity index is 237. The molecule has 0 spiro atoms. The summed E-state index contributed by atoms with van der Waals surface area (Å²) in [6.07, 6.45) is 3.44. The number of rotatable bonds is 6. The second-order valence-electron chi connectivity index (χ2n) is 4.16. The summed E-state index contributed by atoms with van der Waals surface area (Å²) in [6, 6.07) is 0. The van der Waals surface area contributed by atoms with Crippen LogP contribution in [0.15, 0.2) is 12.2 Å². The molecular weight excluding hydrogens is 222 g/mol. The van der Waals surface area contributed by atoms with E-state index < -0.39 is 0 Å². The minimum Gasteiger partial charge on any atom is -0.375 e. The molecule has 0 aromatic carbocycles. The molecule has 1 aliphatic rings. The molecule has 1 unspecified atom stereocenters. The van der Waals surface area contributed by atoms with Crippen molar-refractivity contribution >= 4 is 17.7 Å². The van der Waals surface area contributed by atoms with Crippen LogP contribution in [0.1, 0.15) is 26.2 Å². The zero-order chi connectivity index (χ0) is 11.8. The van der Waals surface area contributed by atoms with Crippen molar-refractivity contribution in [3.8, 4) is 0 Å². The predicted octanol–water partition coefficient (Wildman–Crippen LogP) is 1.98. The molecule has 1 fully saturated rings. The van der Waals surface area contributed by atoms with Crippen molar-refractivity contribution in [2.75, 3.05) is 25.5 Å². The molecule has 0 aliphatic carbocycles. The van der Waals surface area contributed by atoms with Crippen LogP contribution in [0.2, 0.25) is 0 Å². The SMILES string of the molecule is C=C(C)COCCNC(=O)C1CCCCS1. The van der Waals surface area contributed by atoms with Gasteiger partial charge < -0.3 is 10.1 Å². The summed E-state index contributed by atoms with van der Waals surface area (Å²) >= 11 is 1.77. The lowest BCUT2D eigenvalue weighted by Crippen LogP contribution is -2.36. The smallest absolute Gasteiger partial charge is 0.233 e. The number of carbonyl (C=O) groups is 1. The summed E-state index contributed by atoms with van der Waals surface area (Å²) in [7, 11) is 0. The highest BCUT2D eigenvalue weighted by atomic mass is 32.2. The molecule has 16 heavy (non-hydrogen) atoms. The summed E-state index contributed by atoms with van der Waals surface area (Å²) in [4.78, 5) is 11.7. The van der Waals surface area contributed by atoms with Crippen LogP contribution in [0.3, 0.4) is 0 Å². The second-order valence-corrected chi connectivity index (χ2v) is 5.47. The van der Waals surface area contributed by atoms with Crippen LogP contribution in [-0.2, 0) is 9.53 Å². The first-order valence-electron chi connectivity index (χ1n) is 5.81. The number of amides is 1. The van der Waals surface area contributed by atoms with Gasteiger partial charge in [-0.1, -0.05) is 18.6 Å². The van der Waals surface area contributed by atoms with Gasteiger partial charge in [0.2, 0.25) is 5.91 Å². The molecule has 0 radical (unpaired) electrons. The summed E-state index contributed by atoms with van der Waals surface area (Å²) < 4.78 is 5.31. The van der Waals surface area contributed by atoms with Gasteiger partial charge in [-0.3, -0.25) is 4.79 Å². The van der Waals surface area contributed by atoms with Crippen LogP contribution < -0.4 is 5.32 Å². The lowest BCUT2D eigenvalue weighted by molar-refractivity contribution is -0.120. The summed E-state index contributed by atoms with van der Waals surface area (Å²) in [6.45, 7) is 7.42. The minimum absolute atomic E-state index is 0.162. The van der Waals surface area contributed by atoms with E-state index in [2.05, 4.69) is 11.9 Å². The molecule has 0 bridgehead atoms. The maximum absolute atomic E-state index is 11.7. The normalized spacial score (nSPS) is 20.4. The Morgan fingerprint density at radius 2 is 2.38 bits per heavy atom. The Hall–Kier alpha value is -0.480. The predicted molar refractivity (Wildman–Crippen MR) is 68.7 cm³/mol.